The number of ether oxygens (including phenoxy) is 1. The summed E-state index contributed by atoms with van der Waals surface area (Å²) in [5, 5.41) is 8.31. The molecule has 2 saturated heterocycles. The molecule has 0 spiro atoms. The van der Waals surface area contributed by atoms with E-state index in [0.29, 0.717) is 41.8 Å². The van der Waals surface area contributed by atoms with Crippen LogP contribution in [0.2, 0.25) is 10.0 Å². The van der Waals surface area contributed by atoms with Crippen LogP contribution in [0.15, 0.2) is 66.7 Å². The molecule has 0 saturated carbocycles. The van der Waals surface area contributed by atoms with E-state index in [1.807, 2.05) is 29.2 Å². The van der Waals surface area contributed by atoms with Gasteiger partial charge in [0.15, 0.2) is 5.66 Å². The van der Waals surface area contributed by atoms with Crippen LogP contribution < -0.4 is 15.4 Å². The molecule has 0 aromatic heterocycles. The number of amides is 1. The van der Waals surface area contributed by atoms with Crippen LogP contribution in [0.5, 0.6) is 5.75 Å². The third-order valence-corrected chi connectivity index (χ3v) is 9.84. The summed E-state index contributed by atoms with van der Waals surface area (Å²) in [6.07, 6.45) is -2.38. The van der Waals surface area contributed by atoms with Crippen molar-refractivity contribution in [2.75, 3.05) is 59.0 Å². The van der Waals surface area contributed by atoms with Gasteiger partial charge in [0.1, 0.15) is 5.75 Å². The Morgan fingerprint density at radius 2 is 1.37 bits per heavy atom. The van der Waals surface area contributed by atoms with Crippen LogP contribution in [-0.2, 0) is 16.6 Å². The number of nitrogens with zero attached hydrogens (tertiary/aromatic N) is 3. The van der Waals surface area contributed by atoms with Gasteiger partial charge < -0.3 is 14.5 Å². The lowest BCUT2D eigenvalue weighted by Crippen LogP contribution is -2.62. The number of halogens is 5. The molecule has 3 aromatic rings. The van der Waals surface area contributed by atoms with Crippen LogP contribution in [0.3, 0.4) is 0 Å². The molecule has 2 N–H and O–H groups in total. The first-order valence-electron chi connectivity index (χ1n) is 17.1. The quantitative estimate of drug-likeness (QED) is 0.191. The number of hydrogen-bond donors (Lipinski definition) is 2. The molecule has 2 heterocycles. The van der Waals surface area contributed by atoms with Gasteiger partial charge in [0.05, 0.1) is 24.3 Å². The number of alkyl halides is 3. The Balaban J connectivity index is 1.53. The minimum absolute atomic E-state index is 0.0112. The van der Waals surface area contributed by atoms with E-state index in [0.717, 1.165) is 62.3 Å². The van der Waals surface area contributed by atoms with Crippen LogP contribution in [0.1, 0.15) is 68.0 Å². The van der Waals surface area contributed by atoms with Gasteiger partial charge in [-0.1, -0.05) is 67.4 Å². The highest BCUT2D eigenvalue weighted by Gasteiger charge is 2.54. The fourth-order valence-electron chi connectivity index (χ4n) is 6.91. The maximum Gasteiger partial charge on any atom is 0.416 e. The Bertz CT molecular complexity index is 1470. The van der Waals surface area contributed by atoms with E-state index in [1.54, 1.807) is 31.2 Å². The van der Waals surface area contributed by atoms with Gasteiger partial charge in [-0.05, 0) is 80.4 Å². The molecule has 12 heteroatoms. The summed E-state index contributed by atoms with van der Waals surface area (Å²) in [5.74, 6) is -0.287. The molecule has 266 valence electrons. The van der Waals surface area contributed by atoms with Gasteiger partial charge >= 0.3 is 6.18 Å². The average molecular weight is 721 g/mol. The van der Waals surface area contributed by atoms with Gasteiger partial charge in [-0.25, -0.2) is 0 Å². The summed E-state index contributed by atoms with van der Waals surface area (Å²) in [4.78, 5) is 21.7. The molecule has 3 aromatic carbocycles. The number of hydrogen-bond acceptors (Lipinski definition) is 6. The summed E-state index contributed by atoms with van der Waals surface area (Å²) in [6, 6.07) is 17.1. The van der Waals surface area contributed by atoms with E-state index in [4.69, 9.17) is 27.9 Å². The van der Waals surface area contributed by atoms with Gasteiger partial charge in [0.2, 0.25) is 0 Å². The number of carbonyl (C=O) groups is 1. The Labute approximate surface area is 297 Å². The summed E-state index contributed by atoms with van der Waals surface area (Å²) in [6.45, 7) is 12.6. The fraction of sp³-hybridized carbons (Fsp3) is 0.486. The topological polar surface area (TPSA) is 60.1 Å². The third kappa shape index (κ3) is 8.72. The second-order valence-electron chi connectivity index (χ2n) is 12.7. The van der Waals surface area contributed by atoms with Crippen LogP contribution in [0.4, 0.5) is 13.2 Å². The van der Waals surface area contributed by atoms with Crippen LogP contribution in [0, 0.1) is 0 Å². The van der Waals surface area contributed by atoms with Crippen molar-refractivity contribution in [3.8, 4) is 5.75 Å². The van der Waals surface area contributed by atoms with Crippen molar-refractivity contribution >= 4 is 29.1 Å². The molecule has 7 nitrogen and oxygen atoms in total. The minimum Gasteiger partial charge on any atom is -0.493 e. The summed E-state index contributed by atoms with van der Waals surface area (Å²) >= 11 is 12.5. The molecular weight excluding hydrogens is 674 g/mol. The molecule has 2 unspecified atom stereocenters. The predicted molar refractivity (Wildman–Crippen MR) is 189 cm³/mol. The molecule has 0 bridgehead atoms. The van der Waals surface area contributed by atoms with Crippen LogP contribution >= 0.6 is 23.2 Å². The number of benzene rings is 3. The Morgan fingerprint density at radius 3 is 1.84 bits per heavy atom. The Morgan fingerprint density at radius 1 is 0.837 bits per heavy atom. The molecule has 0 aliphatic carbocycles. The van der Waals surface area contributed by atoms with Gasteiger partial charge in [-0.3, -0.25) is 20.3 Å². The third-order valence-electron chi connectivity index (χ3n) is 9.34. The predicted octanol–water partition coefficient (Wildman–Crippen LogP) is 7.51. The molecule has 0 radical (unpaired) electrons. The molecule has 2 fully saturated rings. The Hall–Kier alpha value is -2.86. The van der Waals surface area contributed by atoms with E-state index in [9.17, 15) is 13.2 Å². The van der Waals surface area contributed by atoms with Crippen molar-refractivity contribution in [1.82, 2.24) is 25.3 Å². The molecule has 1 amide bonds. The smallest absolute Gasteiger partial charge is 0.416 e. The van der Waals surface area contributed by atoms with E-state index < -0.39 is 29.5 Å². The van der Waals surface area contributed by atoms with E-state index in [2.05, 4.69) is 34.3 Å². The van der Waals surface area contributed by atoms with Crippen LogP contribution in [0.25, 0.3) is 0 Å². The second kappa shape index (κ2) is 16.4. The number of piperazine rings is 1. The van der Waals surface area contributed by atoms with Crippen molar-refractivity contribution in [3.63, 3.8) is 0 Å². The van der Waals surface area contributed by atoms with Gasteiger partial charge in [-0.15, -0.1) is 0 Å². The molecule has 5 rings (SSSR count). The van der Waals surface area contributed by atoms with Crippen molar-refractivity contribution < 1.29 is 22.7 Å². The standard InChI is InChI=1S/C37H46Cl2F3N5O2/c1-4-17-45(18-5-2)19-20-46-21-23-47(24-22-46)35(48)36(31-16-11-28(37(40,41)42)25-32(31)49-6-3)43-33(26-7-12-29(38)13-8-26)34(44-36)27-9-14-30(39)15-10-27/h7-16,25,33-34,43-44H,4-6,17-24H2,1-3H3. The van der Waals surface area contributed by atoms with E-state index in [-0.39, 0.29) is 18.3 Å². The highest BCUT2D eigenvalue weighted by Crippen LogP contribution is 2.46. The number of nitrogens with one attached hydrogen (secondary N) is 2. The fourth-order valence-corrected chi connectivity index (χ4v) is 7.16. The Kier molecular flexibility index (Phi) is 12.5. The lowest BCUT2D eigenvalue weighted by atomic mass is 9.94. The average Bonchev–Trinajstić information content (AvgIpc) is 3.49. The summed E-state index contributed by atoms with van der Waals surface area (Å²) < 4.78 is 47.7. The van der Waals surface area contributed by atoms with E-state index in [1.165, 1.54) is 6.07 Å². The van der Waals surface area contributed by atoms with Crippen molar-refractivity contribution in [2.45, 2.75) is 57.5 Å². The minimum atomic E-state index is -4.59. The molecule has 2 atom stereocenters. The SMILES string of the molecule is CCCN(CCC)CCN1CCN(C(=O)C2(c3ccc(C(F)(F)F)cc3OCC)NC(c3ccc(Cl)cc3)C(c3ccc(Cl)cc3)N2)CC1. The number of rotatable bonds is 13. The first kappa shape index (κ1) is 37.4. The summed E-state index contributed by atoms with van der Waals surface area (Å²) in [7, 11) is 0. The maximum atomic E-state index is 15.0. The lowest BCUT2D eigenvalue weighted by Gasteiger charge is -2.41. The zero-order chi connectivity index (χ0) is 35.2. The largest absolute Gasteiger partial charge is 0.493 e. The second-order valence-corrected chi connectivity index (χ2v) is 13.6. The zero-order valence-corrected chi connectivity index (χ0v) is 29.8. The summed E-state index contributed by atoms with van der Waals surface area (Å²) in [5.41, 5.74) is -0.475. The van der Waals surface area contributed by atoms with Crippen LogP contribution in [-0.4, -0.2) is 79.6 Å². The zero-order valence-electron chi connectivity index (χ0n) is 28.3. The van der Waals surface area contributed by atoms with Crippen molar-refractivity contribution in [2.24, 2.45) is 0 Å². The molecule has 49 heavy (non-hydrogen) atoms. The molecular formula is C37H46Cl2F3N5O2. The molecule has 2 aliphatic rings. The van der Waals surface area contributed by atoms with Crippen molar-refractivity contribution in [3.05, 3.63) is 99.0 Å². The molecule has 2 aliphatic heterocycles. The van der Waals surface area contributed by atoms with Gasteiger partial charge in [-0.2, -0.15) is 13.2 Å². The normalized spacial score (nSPS) is 21.8. The highest BCUT2D eigenvalue weighted by atomic mass is 35.5. The highest BCUT2D eigenvalue weighted by molar-refractivity contribution is 6.30. The first-order chi connectivity index (χ1) is 23.5. The van der Waals surface area contributed by atoms with Crippen molar-refractivity contribution in [1.29, 1.82) is 0 Å². The first-order valence-corrected chi connectivity index (χ1v) is 17.9. The maximum absolute atomic E-state index is 15.0. The monoisotopic (exact) mass is 719 g/mol. The lowest BCUT2D eigenvalue weighted by molar-refractivity contribution is -0.141. The van der Waals surface area contributed by atoms with Gasteiger partial charge in [0, 0.05) is 54.9 Å². The van der Waals surface area contributed by atoms with E-state index >= 15 is 4.79 Å². The number of carbonyl (C=O) groups excluding carboxylic acids is 1. The van der Waals surface area contributed by atoms with Gasteiger partial charge in [0.25, 0.3) is 5.91 Å².